The number of anilines is 1. The molecule has 2 aromatic carbocycles. The van der Waals surface area contributed by atoms with Crippen LogP contribution < -0.4 is 10.6 Å². The quantitative estimate of drug-likeness (QED) is 0.686. The predicted molar refractivity (Wildman–Crippen MR) is 101 cm³/mol. The summed E-state index contributed by atoms with van der Waals surface area (Å²) in [7, 11) is 0. The maximum absolute atomic E-state index is 12.3. The summed E-state index contributed by atoms with van der Waals surface area (Å²) in [6, 6.07) is 17.8. The zero-order chi connectivity index (χ0) is 18.4. The van der Waals surface area contributed by atoms with Gasteiger partial charge in [0.2, 0.25) is 0 Å². The minimum Gasteiger partial charge on any atom is -0.459 e. The monoisotopic (exact) mass is 368 g/mol. The van der Waals surface area contributed by atoms with Gasteiger partial charge in [-0.25, -0.2) is 0 Å². The van der Waals surface area contributed by atoms with E-state index in [2.05, 4.69) is 10.6 Å². The van der Waals surface area contributed by atoms with Crippen molar-refractivity contribution in [3.8, 4) is 0 Å². The van der Waals surface area contributed by atoms with Gasteiger partial charge in [0.15, 0.2) is 5.76 Å². The molecule has 2 amide bonds. The summed E-state index contributed by atoms with van der Waals surface area (Å²) in [5.74, 6) is -0.497. The van der Waals surface area contributed by atoms with E-state index < -0.39 is 5.91 Å². The summed E-state index contributed by atoms with van der Waals surface area (Å²) in [5.41, 5.74) is 1.91. The minimum atomic E-state index is -0.432. The van der Waals surface area contributed by atoms with Crippen LogP contribution in [0.3, 0.4) is 0 Å². The molecule has 6 heteroatoms. The molecule has 3 aromatic rings. The fourth-order valence-electron chi connectivity index (χ4n) is 2.42. The van der Waals surface area contributed by atoms with Crippen molar-refractivity contribution >= 4 is 29.1 Å². The molecule has 0 spiro atoms. The molecular weight excluding hydrogens is 352 g/mol. The van der Waals surface area contributed by atoms with E-state index in [1.165, 1.54) is 6.26 Å². The molecule has 0 atom stereocenters. The lowest BCUT2D eigenvalue weighted by Crippen LogP contribution is -2.25. The number of furan rings is 1. The lowest BCUT2D eigenvalue weighted by atomic mass is 10.1. The lowest BCUT2D eigenvalue weighted by Gasteiger charge is -2.09. The number of hydrogen-bond acceptors (Lipinski definition) is 3. The van der Waals surface area contributed by atoms with Gasteiger partial charge in [0, 0.05) is 12.1 Å². The Morgan fingerprint density at radius 3 is 2.50 bits per heavy atom. The van der Waals surface area contributed by atoms with Crippen molar-refractivity contribution in [2.75, 3.05) is 11.9 Å². The van der Waals surface area contributed by atoms with Gasteiger partial charge >= 0.3 is 0 Å². The fraction of sp³-hybridized carbons (Fsp3) is 0.100. The molecule has 1 aromatic heterocycles. The largest absolute Gasteiger partial charge is 0.459 e. The van der Waals surface area contributed by atoms with Crippen molar-refractivity contribution in [1.82, 2.24) is 5.32 Å². The molecule has 3 rings (SSSR count). The maximum Gasteiger partial charge on any atom is 0.291 e. The molecule has 0 aliphatic heterocycles. The number of benzene rings is 2. The molecule has 2 N–H and O–H groups in total. The average Bonchev–Trinajstić information content (AvgIpc) is 3.19. The van der Waals surface area contributed by atoms with Crippen LogP contribution in [-0.4, -0.2) is 18.4 Å². The number of hydrogen-bond donors (Lipinski definition) is 2. The van der Waals surface area contributed by atoms with Crippen LogP contribution in [0.4, 0.5) is 5.69 Å². The van der Waals surface area contributed by atoms with Gasteiger partial charge in [0.25, 0.3) is 11.8 Å². The van der Waals surface area contributed by atoms with Gasteiger partial charge in [0.1, 0.15) is 0 Å². The first kappa shape index (κ1) is 17.8. The van der Waals surface area contributed by atoms with E-state index in [4.69, 9.17) is 16.0 Å². The van der Waals surface area contributed by atoms with E-state index in [-0.39, 0.29) is 11.7 Å². The van der Waals surface area contributed by atoms with Crippen molar-refractivity contribution in [3.05, 3.63) is 88.8 Å². The standard InChI is InChI=1S/C20H17ClN2O3/c21-16-9-8-15(13-17(16)23-20(25)18-7-4-12-26-18)19(24)22-11-10-14-5-2-1-3-6-14/h1-9,12-13H,10-11H2,(H,22,24)(H,23,25). The highest BCUT2D eigenvalue weighted by Crippen LogP contribution is 2.24. The highest BCUT2D eigenvalue weighted by atomic mass is 35.5. The summed E-state index contributed by atoms with van der Waals surface area (Å²) in [4.78, 5) is 24.4. The molecule has 1 heterocycles. The minimum absolute atomic E-state index is 0.166. The Kier molecular flexibility index (Phi) is 5.71. The number of nitrogens with one attached hydrogen (secondary N) is 2. The first-order valence-corrected chi connectivity index (χ1v) is 8.48. The van der Waals surface area contributed by atoms with Gasteiger partial charge in [-0.1, -0.05) is 41.9 Å². The Morgan fingerprint density at radius 2 is 1.77 bits per heavy atom. The summed E-state index contributed by atoms with van der Waals surface area (Å²) >= 11 is 6.11. The molecule has 26 heavy (non-hydrogen) atoms. The Balaban J connectivity index is 1.62. The van der Waals surface area contributed by atoms with Crippen molar-refractivity contribution in [1.29, 1.82) is 0 Å². The predicted octanol–water partition coefficient (Wildman–Crippen LogP) is 4.16. The second-order valence-corrected chi connectivity index (χ2v) is 6.02. The zero-order valence-corrected chi connectivity index (χ0v) is 14.6. The number of carbonyl (C=O) groups is 2. The maximum atomic E-state index is 12.3. The van der Waals surface area contributed by atoms with Gasteiger partial charge in [-0.05, 0) is 42.3 Å². The molecule has 0 saturated carbocycles. The Labute approximate surface area is 156 Å². The third kappa shape index (κ3) is 4.52. The van der Waals surface area contributed by atoms with Crippen LogP contribution in [0, 0.1) is 0 Å². The van der Waals surface area contributed by atoms with Crippen LogP contribution in [0.25, 0.3) is 0 Å². The van der Waals surface area contributed by atoms with E-state index in [0.717, 1.165) is 12.0 Å². The lowest BCUT2D eigenvalue weighted by molar-refractivity contribution is 0.0952. The first-order valence-electron chi connectivity index (χ1n) is 8.10. The third-order valence-corrected chi connectivity index (χ3v) is 4.09. The third-order valence-electron chi connectivity index (χ3n) is 3.76. The molecular formula is C20H17ClN2O3. The summed E-state index contributed by atoms with van der Waals surface area (Å²) in [6.07, 6.45) is 2.15. The molecule has 0 bridgehead atoms. The summed E-state index contributed by atoms with van der Waals surface area (Å²) < 4.78 is 5.05. The number of halogens is 1. The number of rotatable bonds is 6. The first-order chi connectivity index (χ1) is 12.6. The van der Waals surface area contributed by atoms with Crippen LogP contribution in [0.1, 0.15) is 26.5 Å². The molecule has 0 radical (unpaired) electrons. The Hall–Kier alpha value is -3.05. The molecule has 0 fully saturated rings. The normalized spacial score (nSPS) is 10.3. The van der Waals surface area contributed by atoms with Crippen molar-refractivity contribution in [2.45, 2.75) is 6.42 Å². The highest BCUT2D eigenvalue weighted by molar-refractivity contribution is 6.34. The van der Waals surface area contributed by atoms with Crippen LogP contribution in [-0.2, 0) is 6.42 Å². The number of amides is 2. The fourth-order valence-corrected chi connectivity index (χ4v) is 2.59. The Morgan fingerprint density at radius 1 is 0.962 bits per heavy atom. The van der Waals surface area contributed by atoms with Gasteiger partial charge in [-0.2, -0.15) is 0 Å². The SMILES string of the molecule is O=C(NCCc1ccccc1)c1ccc(Cl)c(NC(=O)c2ccco2)c1. The van der Waals surface area contributed by atoms with E-state index in [0.29, 0.717) is 22.8 Å². The van der Waals surface area contributed by atoms with Crippen LogP contribution in [0.15, 0.2) is 71.3 Å². The topological polar surface area (TPSA) is 71.3 Å². The highest BCUT2D eigenvalue weighted by Gasteiger charge is 2.13. The van der Waals surface area contributed by atoms with E-state index in [1.807, 2.05) is 30.3 Å². The molecule has 0 saturated heterocycles. The van der Waals surface area contributed by atoms with E-state index in [9.17, 15) is 9.59 Å². The van der Waals surface area contributed by atoms with Crippen LogP contribution in [0.2, 0.25) is 5.02 Å². The molecule has 5 nitrogen and oxygen atoms in total. The van der Waals surface area contributed by atoms with Gasteiger partial charge in [-0.15, -0.1) is 0 Å². The second kappa shape index (κ2) is 8.36. The molecule has 0 aliphatic rings. The van der Waals surface area contributed by atoms with Crippen molar-refractivity contribution in [3.63, 3.8) is 0 Å². The molecule has 132 valence electrons. The summed E-state index contributed by atoms with van der Waals surface area (Å²) in [5, 5.41) is 5.85. The second-order valence-electron chi connectivity index (χ2n) is 5.62. The molecule has 0 aliphatic carbocycles. The van der Waals surface area contributed by atoms with Crippen LogP contribution >= 0.6 is 11.6 Å². The van der Waals surface area contributed by atoms with Crippen LogP contribution in [0.5, 0.6) is 0 Å². The van der Waals surface area contributed by atoms with E-state index in [1.54, 1.807) is 30.3 Å². The smallest absolute Gasteiger partial charge is 0.291 e. The van der Waals surface area contributed by atoms with Gasteiger partial charge < -0.3 is 15.1 Å². The average molecular weight is 369 g/mol. The number of carbonyl (C=O) groups excluding carboxylic acids is 2. The zero-order valence-electron chi connectivity index (χ0n) is 13.9. The molecule has 0 unspecified atom stereocenters. The Bertz CT molecular complexity index is 893. The van der Waals surface area contributed by atoms with Crippen molar-refractivity contribution in [2.24, 2.45) is 0 Å². The van der Waals surface area contributed by atoms with Crippen molar-refractivity contribution < 1.29 is 14.0 Å². The van der Waals surface area contributed by atoms with Gasteiger partial charge in [0.05, 0.1) is 17.0 Å². The van der Waals surface area contributed by atoms with E-state index >= 15 is 0 Å². The summed E-state index contributed by atoms with van der Waals surface area (Å²) in [6.45, 7) is 0.513. The van der Waals surface area contributed by atoms with Gasteiger partial charge in [-0.3, -0.25) is 9.59 Å².